The van der Waals surface area contributed by atoms with Crippen LogP contribution < -0.4 is 10.6 Å². The summed E-state index contributed by atoms with van der Waals surface area (Å²) in [7, 11) is 0. The summed E-state index contributed by atoms with van der Waals surface area (Å²) in [6.07, 6.45) is -0.700. The topological polar surface area (TPSA) is 87.7 Å². The zero-order valence-corrected chi connectivity index (χ0v) is 23.6. The van der Waals surface area contributed by atoms with Gasteiger partial charge in [-0.1, -0.05) is 89.9 Å². The second kappa shape index (κ2) is 12.7. The Morgan fingerprint density at radius 1 is 0.875 bits per heavy atom. The molecular weight excluding hydrogens is 567 g/mol. The van der Waals surface area contributed by atoms with Gasteiger partial charge in [0.15, 0.2) is 0 Å². The van der Waals surface area contributed by atoms with Crippen LogP contribution in [0.3, 0.4) is 0 Å². The first-order chi connectivity index (χ1) is 19.4. The second-order valence-corrected chi connectivity index (χ2v) is 11.1. The summed E-state index contributed by atoms with van der Waals surface area (Å²) in [5.41, 5.74) is 5.22. The molecule has 4 aromatic rings. The number of rotatable bonds is 9. The van der Waals surface area contributed by atoms with Crippen LogP contribution in [0.4, 0.5) is 4.79 Å². The fourth-order valence-electron chi connectivity index (χ4n) is 4.68. The normalized spacial score (nSPS) is 12.8. The predicted molar refractivity (Wildman–Crippen MR) is 159 cm³/mol. The number of carbonyl (C=O) groups is 2. The molecule has 0 saturated heterocycles. The Morgan fingerprint density at radius 3 is 2.20 bits per heavy atom. The summed E-state index contributed by atoms with van der Waals surface area (Å²) in [4.78, 5) is 26.7. The molecule has 1 atom stereocenters. The van der Waals surface area contributed by atoms with E-state index in [1.54, 1.807) is 42.5 Å². The van der Waals surface area contributed by atoms with Gasteiger partial charge in [-0.3, -0.25) is 4.79 Å². The van der Waals surface area contributed by atoms with Crippen LogP contribution in [0.2, 0.25) is 10.0 Å². The van der Waals surface area contributed by atoms with Crippen LogP contribution in [0.1, 0.15) is 22.6 Å². The van der Waals surface area contributed by atoms with Gasteiger partial charge >= 0.3 is 6.09 Å². The van der Waals surface area contributed by atoms with Gasteiger partial charge in [-0.2, -0.15) is 0 Å². The Kier molecular flexibility index (Phi) is 8.85. The molecule has 0 spiro atoms. The Bertz CT molecular complexity index is 1500. The van der Waals surface area contributed by atoms with Crippen molar-refractivity contribution < 1.29 is 19.4 Å². The molecule has 0 saturated carbocycles. The summed E-state index contributed by atoms with van der Waals surface area (Å²) in [6, 6.07) is 27.2. The van der Waals surface area contributed by atoms with Gasteiger partial charge in [0, 0.05) is 23.1 Å². The average Bonchev–Trinajstić information content (AvgIpc) is 3.29. The highest BCUT2D eigenvalue weighted by atomic mass is 35.5. The molecule has 0 bridgehead atoms. The summed E-state index contributed by atoms with van der Waals surface area (Å²) in [5, 5.41) is 16.5. The zero-order valence-electron chi connectivity index (χ0n) is 21.3. The van der Waals surface area contributed by atoms with Gasteiger partial charge in [0.2, 0.25) is 5.91 Å². The van der Waals surface area contributed by atoms with Crippen molar-refractivity contribution in [1.29, 1.82) is 0 Å². The van der Waals surface area contributed by atoms with E-state index in [2.05, 4.69) is 22.8 Å². The van der Waals surface area contributed by atoms with Gasteiger partial charge in [-0.15, -0.1) is 11.8 Å². The number of ether oxygens (including phenoxy) is 1. The molecule has 2 amide bonds. The lowest BCUT2D eigenvalue weighted by atomic mass is 9.98. The molecule has 40 heavy (non-hydrogen) atoms. The average molecular weight is 594 g/mol. The van der Waals surface area contributed by atoms with E-state index in [-0.39, 0.29) is 30.6 Å². The molecule has 4 aromatic carbocycles. The number of halogens is 2. The number of aromatic hydroxyl groups is 1. The number of para-hydroxylation sites is 1. The van der Waals surface area contributed by atoms with E-state index in [9.17, 15) is 14.7 Å². The van der Waals surface area contributed by atoms with Gasteiger partial charge in [-0.05, 0) is 52.1 Å². The number of carbonyl (C=O) groups excluding carboxylic acids is 2. The van der Waals surface area contributed by atoms with E-state index in [1.807, 2.05) is 36.4 Å². The van der Waals surface area contributed by atoms with Gasteiger partial charge in [0.25, 0.3) is 0 Å². The fraction of sp³-hybridized carbons (Fsp3) is 0.161. The fourth-order valence-corrected chi connectivity index (χ4v) is 5.97. The van der Waals surface area contributed by atoms with Gasteiger partial charge in [-0.25, -0.2) is 4.79 Å². The van der Waals surface area contributed by atoms with Crippen molar-refractivity contribution in [1.82, 2.24) is 10.6 Å². The highest BCUT2D eigenvalue weighted by molar-refractivity contribution is 7.99. The smallest absolute Gasteiger partial charge is 0.407 e. The van der Waals surface area contributed by atoms with E-state index in [0.717, 1.165) is 27.8 Å². The number of hydrogen-bond donors (Lipinski definition) is 3. The Balaban J connectivity index is 1.26. The number of hydrogen-bond acceptors (Lipinski definition) is 5. The van der Waals surface area contributed by atoms with Crippen LogP contribution in [-0.4, -0.2) is 35.5 Å². The maximum atomic E-state index is 13.2. The molecule has 9 heteroatoms. The third-order valence-electron chi connectivity index (χ3n) is 6.67. The van der Waals surface area contributed by atoms with E-state index in [4.69, 9.17) is 27.9 Å². The van der Waals surface area contributed by atoms with Crippen molar-refractivity contribution >= 4 is 47.0 Å². The molecule has 0 aromatic heterocycles. The van der Waals surface area contributed by atoms with E-state index in [0.29, 0.717) is 14.9 Å². The maximum Gasteiger partial charge on any atom is 0.407 e. The molecule has 0 heterocycles. The quantitative estimate of drug-likeness (QED) is 0.182. The number of benzene rings is 4. The number of phenols is 1. The van der Waals surface area contributed by atoms with E-state index in [1.165, 1.54) is 11.8 Å². The molecule has 0 fully saturated rings. The Labute approximate surface area is 246 Å². The van der Waals surface area contributed by atoms with Crippen molar-refractivity contribution in [2.24, 2.45) is 0 Å². The molecule has 6 nitrogen and oxygen atoms in total. The first-order valence-corrected chi connectivity index (χ1v) is 14.4. The lowest BCUT2D eigenvalue weighted by Gasteiger charge is -2.20. The minimum Gasteiger partial charge on any atom is -0.507 e. The van der Waals surface area contributed by atoms with Gasteiger partial charge in [0.1, 0.15) is 18.4 Å². The lowest BCUT2D eigenvalue weighted by molar-refractivity contribution is -0.122. The molecule has 3 N–H and O–H groups in total. The van der Waals surface area contributed by atoms with Gasteiger partial charge in [0.05, 0.1) is 10.0 Å². The SMILES string of the molecule is O=C(N[C@H](CSc1ccccc1O)C(=O)NCc1ccc(Cl)c(Cl)c1)OCC1c2ccccc2-c2ccccc21. The van der Waals surface area contributed by atoms with Crippen molar-refractivity contribution in [3.05, 3.63) is 118 Å². The van der Waals surface area contributed by atoms with Crippen molar-refractivity contribution in [3.63, 3.8) is 0 Å². The van der Waals surface area contributed by atoms with Crippen molar-refractivity contribution in [3.8, 4) is 16.9 Å². The third-order valence-corrected chi connectivity index (χ3v) is 8.57. The summed E-state index contributed by atoms with van der Waals surface area (Å²) >= 11 is 13.3. The predicted octanol–water partition coefficient (Wildman–Crippen LogP) is 7.01. The maximum absolute atomic E-state index is 13.2. The third kappa shape index (κ3) is 6.39. The van der Waals surface area contributed by atoms with E-state index < -0.39 is 18.0 Å². The molecule has 1 aliphatic rings. The highest BCUT2D eigenvalue weighted by Crippen LogP contribution is 2.44. The van der Waals surface area contributed by atoms with Crippen molar-refractivity contribution in [2.45, 2.75) is 23.4 Å². The lowest BCUT2D eigenvalue weighted by Crippen LogP contribution is -2.48. The highest BCUT2D eigenvalue weighted by Gasteiger charge is 2.30. The second-order valence-electron chi connectivity index (χ2n) is 9.27. The molecule has 0 radical (unpaired) electrons. The molecule has 5 rings (SSSR count). The minimum atomic E-state index is -0.928. The van der Waals surface area contributed by atoms with Crippen LogP contribution in [0, 0.1) is 0 Å². The number of fused-ring (bicyclic) bond motifs is 3. The van der Waals surface area contributed by atoms with E-state index >= 15 is 0 Å². The van der Waals surface area contributed by atoms with Crippen molar-refractivity contribution in [2.75, 3.05) is 12.4 Å². The van der Waals surface area contributed by atoms with Crippen LogP contribution in [0.15, 0.2) is 95.9 Å². The number of thioether (sulfide) groups is 1. The molecule has 1 aliphatic carbocycles. The van der Waals surface area contributed by atoms with Crippen LogP contribution >= 0.6 is 35.0 Å². The summed E-state index contributed by atoms with van der Waals surface area (Å²) in [5.74, 6) is -0.226. The number of alkyl carbamates (subject to hydrolysis) is 1. The molecule has 204 valence electrons. The van der Waals surface area contributed by atoms with Gasteiger partial charge < -0.3 is 20.5 Å². The molecule has 0 unspecified atom stereocenters. The van der Waals surface area contributed by atoms with Crippen LogP contribution in [-0.2, 0) is 16.1 Å². The van der Waals surface area contributed by atoms with Crippen LogP contribution in [0.25, 0.3) is 11.1 Å². The monoisotopic (exact) mass is 592 g/mol. The number of nitrogens with one attached hydrogen (secondary N) is 2. The Morgan fingerprint density at radius 2 is 1.52 bits per heavy atom. The minimum absolute atomic E-state index is 0.101. The summed E-state index contributed by atoms with van der Waals surface area (Å²) in [6.45, 7) is 0.323. The number of amides is 2. The largest absolute Gasteiger partial charge is 0.507 e. The molecular formula is C31H26Cl2N2O4S. The first kappa shape index (κ1) is 27.9. The first-order valence-electron chi connectivity index (χ1n) is 12.6. The summed E-state index contributed by atoms with van der Waals surface area (Å²) < 4.78 is 5.67. The van der Waals surface area contributed by atoms with Crippen LogP contribution in [0.5, 0.6) is 5.75 Å². The molecule has 0 aliphatic heterocycles. The zero-order chi connectivity index (χ0) is 28.1. The Hall–Kier alpha value is -3.65. The number of phenolic OH excluding ortho intramolecular Hbond substituents is 1. The standard InChI is InChI=1S/C31H26Cl2N2O4S/c32-25-14-13-19(15-26(25)33)16-34-30(37)27(18-40-29-12-6-5-11-28(29)36)35-31(38)39-17-24-22-9-3-1-7-20(22)21-8-2-4-10-23(21)24/h1-15,24,27,36H,16-18H2,(H,34,37)(H,35,38)/t27-/m1/s1.